The monoisotopic (exact) mass is 321 g/mol. The fourth-order valence-electron chi connectivity index (χ4n) is 2.83. The van der Waals surface area contributed by atoms with Crippen molar-refractivity contribution in [2.45, 2.75) is 6.42 Å². The lowest BCUT2D eigenvalue weighted by Crippen LogP contribution is -2.24. The van der Waals surface area contributed by atoms with Gasteiger partial charge in [-0.15, -0.1) is 14.8 Å². The predicted molar refractivity (Wildman–Crippen MR) is 86.3 cm³/mol. The molecule has 24 heavy (non-hydrogen) atoms. The summed E-state index contributed by atoms with van der Waals surface area (Å²) in [6, 6.07) is 9.48. The molecule has 0 aromatic carbocycles. The standard InChI is InChI=1S/C15H15N9/c16-7-11-1-2-13(17-8-11)18-9-12-5-6-23(10-12)15-4-3-14-19-21-22-24(14)20-15/h1-4,8,12H,5-6,9-10H2,(H,17,18). The average molecular weight is 321 g/mol. The normalized spacial score (nSPS) is 17.1. The highest BCUT2D eigenvalue weighted by Gasteiger charge is 2.24. The number of pyridine rings is 1. The summed E-state index contributed by atoms with van der Waals surface area (Å²) < 4.78 is 1.45. The first-order chi connectivity index (χ1) is 11.8. The summed E-state index contributed by atoms with van der Waals surface area (Å²) >= 11 is 0. The Morgan fingerprint density at radius 1 is 1.29 bits per heavy atom. The molecule has 1 aliphatic heterocycles. The van der Waals surface area contributed by atoms with Gasteiger partial charge in [-0.1, -0.05) is 0 Å². The van der Waals surface area contributed by atoms with Gasteiger partial charge in [0.05, 0.1) is 5.56 Å². The summed E-state index contributed by atoms with van der Waals surface area (Å²) in [6.07, 6.45) is 2.66. The minimum atomic E-state index is 0.508. The third kappa shape index (κ3) is 2.81. The number of nitriles is 1. The van der Waals surface area contributed by atoms with Crippen LogP contribution in [0.1, 0.15) is 12.0 Å². The number of aromatic nitrogens is 6. The maximum atomic E-state index is 8.78. The SMILES string of the molecule is N#Cc1ccc(NCC2CCN(c3ccc4nnnn4n3)C2)nc1. The molecule has 1 unspecified atom stereocenters. The Hall–Kier alpha value is -3.28. The lowest BCUT2D eigenvalue weighted by atomic mass is 10.1. The molecule has 0 radical (unpaired) electrons. The van der Waals surface area contributed by atoms with E-state index in [-0.39, 0.29) is 0 Å². The van der Waals surface area contributed by atoms with Crippen LogP contribution in [0.2, 0.25) is 0 Å². The van der Waals surface area contributed by atoms with Gasteiger partial charge in [-0.2, -0.15) is 5.26 Å². The molecule has 1 atom stereocenters. The molecule has 0 saturated carbocycles. The first kappa shape index (κ1) is 14.3. The van der Waals surface area contributed by atoms with E-state index in [0.29, 0.717) is 17.1 Å². The first-order valence-corrected chi connectivity index (χ1v) is 7.72. The lowest BCUT2D eigenvalue weighted by molar-refractivity contribution is 0.619. The summed E-state index contributed by atoms with van der Waals surface area (Å²) in [5.41, 5.74) is 1.21. The van der Waals surface area contributed by atoms with Crippen molar-refractivity contribution >= 4 is 17.3 Å². The van der Waals surface area contributed by atoms with Crippen LogP contribution in [-0.4, -0.2) is 49.9 Å². The van der Waals surface area contributed by atoms with Crippen LogP contribution in [0.5, 0.6) is 0 Å². The zero-order valence-corrected chi connectivity index (χ0v) is 12.9. The van der Waals surface area contributed by atoms with Crippen molar-refractivity contribution < 1.29 is 0 Å². The van der Waals surface area contributed by atoms with Crippen LogP contribution in [0.3, 0.4) is 0 Å². The van der Waals surface area contributed by atoms with Crippen molar-refractivity contribution in [3.8, 4) is 6.07 Å². The number of nitrogens with zero attached hydrogens (tertiary/aromatic N) is 8. The van der Waals surface area contributed by atoms with Crippen LogP contribution in [0.15, 0.2) is 30.5 Å². The zero-order chi connectivity index (χ0) is 16.4. The average Bonchev–Trinajstić information content (AvgIpc) is 3.29. The molecule has 4 rings (SSSR count). The number of nitrogens with one attached hydrogen (secondary N) is 1. The highest BCUT2D eigenvalue weighted by Crippen LogP contribution is 2.22. The Labute approximate surface area is 137 Å². The number of hydrogen-bond acceptors (Lipinski definition) is 8. The molecule has 0 amide bonds. The van der Waals surface area contributed by atoms with Crippen molar-refractivity contribution in [2.75, 3.05) is 29.9 Å². The number of fused-ring (bicyclic) bond motifs is 1. The third-order valence-corrected chi connectivity index (χ3v) is 4.13. The highest BCUT2D eigenvalue weighted by atomic mass is 15.6. The van der Waals surface area contributed by atoms with Gasteiger partial charge in [-0.3, -0.25) is 0 Å². The van der Waals surface area contributed by atoms with E-state index in [2.05, 4.69) is 41.9 Å². The van der Waals surface area contributed by atoms with Gasteiger partial charge in [0.1, 0.15) is 11.9 Å². The Kier molecular flexibility index (Phi) is 3.63. The molecule has 1 N–H and O–H groups in total. The Balaban J connectivity index is 1.36. The van der Waals surface area contributed by atoms with E-state index in [9.17, 15) is 0 Å². The van der Waals surface area contributed by atoms with Crippen molar-refractivity contribution in [3.63, 3.8) is 0 Å². The topological polar surface area (TPSA) is 108 Å². The van der Waals surface area contributed by atoms with E-state index in [1.807, 2.05) is 18.2 Å². The van der Waals surface area contributed by atoms with Gasteiger partial charge < -0.3 is 10.2 Å². The second-order valence-electron chi connectivity index (χ2n) is 5.74. The molecule has 1 fully saturated rings. The number of anilines is 2. The first-order valence-electron chi connectivity index (χ1n) is 7.72. The molecule has 0 aliphatic carbocycles. The second kappa shape index (κ2) is 6.08. The molecule has 0 spiro atoms. The van der Waals surface area contributed by atoms with Crippen LogP contribution in [0.4, 0.5) is 11.6 Å². The van der Waals surface area contributed by atoms with Gasteiger partial charge in [0.25, 0.3) is 0 Å². The minimum absolute atomic E-state index is 0.508. The van der Waals surface area contributed by atoms with E-state index < -0.39 is 0 Å². The van der Waals surface area contributed by atoms with E-state index >= 15 is 0 Å². The van der Waals surface area contributed by atoms with E-state index in [4.69, 9.17) is 5.26 Å². The quantitative estimate of drug-likeness (QED) is 0.749. The van der Waals surface area contributed by atoms with Crippen molar-refractivity contribution in [1.29, 1.82) is 5.26 Å². The maximum Gasteiger partial charge on any atom is 0.200 e. The zero-order valence-electron chi connectivity index (χ0n) is 12.9. The number of rotatable bonds is 4. The second-order valence-corrected chi connectivity index (χ2v) is 5.74. The van der Waals surface area contributed by atoms with Crippen LogP contribution in [0, 0.1) is 17.2 Å². The smallest absolute Gasteiger partial charge is 0.200 e. The molecule has 4 heterocycles. The molecule has 3 aromatic heterocycles. The fraction of sp³-hybridized carbons (Fsp3) is 0.333. The van der Waals surface area contributed by atoms with Crippen molar-refractivity contribution in [1.82, 2.24) is 30.2 Å². The van der Waals surface area contributed by atoms with Gasteiger partial charge in [-0.05, 0) is 47.0 Å². The molecule has 1 aliphatic rings. The fourth-order valence-corrected chi connectivity index (χ4v) is 2.83. The molecule has 0 bridgehead atoms. The van der Waals surface area contributed by atoms with Gasteiger partial charge in [0, 0.05) is 25.8 Å². The van der Waals surface area contributed by atoms with Gasteiger partial charge in [0.2, 0.25) is 0 Å². The van der Waals surface area contributed by atoms with Crippen LogP contribution in [-0.2, 0) is 0 Å². The summed E-state index contributed by atoms with van der Waals surface area (Å²) in [5, 5.41) is 27.8. The summed E-state index contributed by atoms with van der Waals surface area (Å²) in [7, 11) is 0. The van der Waals surface area contributed by atoms with Gasteiger partial charge in [0.15, 0.2) is 11.5 Å². The van der Waals surface area contributed by atoms with Crippen molar-refractivity contribution in [2.24, 2.45) is 5.92 Å². The molecular formula is C15H15N9. The largest absolute Gasteiger partial charge is 0.370 e. The van der Waals surface area contributed by atoms with E-state index in [1.165, 1.54) is 4.63 Å². The van der Waals surface area contributed by atoms with Crippen molar-refractivity contribution in [3.05, 3.63) is 36.0 Å². The molecule has 3 aromatic rings. The predicted octanol–water partition coefficient (Wildman–Crippen LogP) is 0.724. The molecular weight excluding hydrogens is 306 g/mol. The van der Waals surface area contributed by atoms with E-state index in [0.717, 1.165) is 37.7 Å². The van der Waals surface area contributed by atoms with E-state index in [1.54, 1.807) is 12.3 Å². The van der Waals surface area contributed by atoms with Crippen LogP contribution in [0.25, 0.3) is 5.65 Å². The molecule has 1 saturated heterocycles. The third-order valence-electron chi connectivity index (χ3n) is 4.13. The maximum absolute atomic E-state index is 8.78. The minimum Gasteiger partial charge on any atom is -0.370 e. The summed E-state index contributed by atoms with van der Waals surface area (Å²) in [4.78, 5) is 6.47. The van der Waals surface area contributed by atoms with Gasteiger partial charge in [-0.25, -0.2) is 4.98 Å². The number of hydrogen-bond donors (Lipinski definition) is 1. The molecule has 9 nitrogen and oxygen atoms in total. The Bertz CT molecular complexity index is 880. The Morgan fingerprint density at radius 3 is 3.08 bits per heavy atom. The van der Waals surface area contributed by atoms with Crippen LogP contribution < -0.4 is 10.2 Å². The molecule has 120 valence electrons. The highest BCUT2D eigenvalue weighted by molar-refractivity contribution is 5.45. The van der Waals surface area contributed by atoms with Gasteiger partial charge >= 0.3 is 0 Å². The van der Waals surface area contributed by atoms with Crippen LogP contribution >= 0.6 is 0 Å². The summed E-state index contributed by atoms with van der Waals surface area (Å²) in [5.74, 6) is 2.18. The lowest BCUT2D eigenvalue weighted by Gasteiger charge is -2.17. The number of tetrazole rings is 1. The summed E-state index contributed by atoms with van der Waals surface area (Å²) in [6.45, 7) is 2.71. The Morgan fingerprint density at radius 2 is 2.25 bits per heavy atom. The molecule has 9 heteroatoms.